The van der Waals surface area contributed by atoms with Crippen molar-refractivity contribution in [1.29, 1.82) is 0 Å². The van der Waals surface area contributed by atoms with Gasteiger partial charge in [-0.15, -0.1) is 0 Å². The molecule has 0 atom stereocenters. The fourth-order valence-electron chi connectivity index (χ4n) is 2.21. The van der Waals surface area contributed by atoms with Gasteiger partial charge in [0.05, 0.1) is 21.6 Å². The monoisotopic (exact) mass is 470 g/mol. The van der Waals surface area contributed by atoms with Crippen LogP contribution in [0.2, 0.25) is 0 Å². The zero-order valence-electron chi connectivity index (χ0n) is 15.0. The van der Waals surface area contributed by atoms with E-state index in [0.29, 0.717) is 0 Å². The minimum atomic E-state index is -5.16. The Balaban J connectivity index is 2.10. The number of nitrogens with two attached hydrogens (primary N) is 1. The third-order valence-electron chi connectivity index (χ3n) is 3.62. The van der Waals surface area contributed by atoms with E-state index in [2.05, 4.69) is 10.1 Å². The predicted molar refractivity (Wildman–Crippen MR) is 93.2 cm³/mol. The van der Waals surface area contributed by atoms with Crippen LogP contribution in [0.1, 0.15) is 21.5 Å². The van der Waals surface area contributed by atoms with Crippen molar-refractivity contribution in [2.24, 2.45) is 5.14 Å². The lowest BCUT2D eigenvalue weighted by atomic mass is 10.0. The minimum absolute atomic E-state index is 0.0619. The standard InChI is InChI=1S/C17H12F6N2O5S/c18-16(19,20)10-5-9(6-11(7-10)17(21,22)23)15(27)30-8-14(26)25-12-1-3-13(4-2-12)31(24,28)29/h1-7H,8H2,(H,25,26)(H2,24,28,29). The van der Waals surface area contributed by atoms with Crippen LogP contribution in [0.15, 0.2) is 47.4 Å². The van der Waals surface area contributed by atoms with E-state index in [1.54, 1.807) is 0 Å². The lowest BCUT2D eigenvalue weighted by molar-refractivity contribution is -0.143. The topological polar surface area (TPSA) is 116 Å². The van der Waals surface area contributed by atoms with E-state index in [1.807, 2.05) is 0 Å². The van der Waals surface area contributed by atoms with Crippen molar-refractivity contribution < 1.29 is 49.1 Å². The maximum absolute atomic E-state index is 12.8. The molecule has 0 unspecified atom stereocenters. The molecule has 2 aromatic carbocycles. The molecule has 0 aromatic heterocycles. The van der Waals surface area contributed by atoms with E-state index in [4.69, 9.17) is 5.14 Å². The summed E-state index contributed by atoms with van der Waals surface area (Å²) in [5, 5.41) is 7.09. The minimum Gasteiger partial charge on any atom is -0.452 e. The summed E-state index contributed by atoms with van der Waals surface area (Å²) in [6.07, 6.45) is -10.3. The van der Waals surface area contributed by atoms with Gasteiger partial charge in [-0.2, -0.15) is 26.3 Å². The Hall–Kier alpha value is -3.13. The first kappa shape index (κ1) is 24.1. The van der Waals surface area contributed by atoms with Crippen LogP contribution in [0, 0.1) is 0 Å². The molecule has 1 amide bonds. The molecular formula is C17H12F6N2O5S. The fourth-order valence-corrected chi connectivity index (χ4v) is 2.73. The Bertz CT molecular complexity index is 1060. The number of amides is 1. The summed E-state index contributed by atoms with van der Waals surface area (Å²) < 4.78 is 104. The third kappa shape index (κ3) is 6.68. The number of anilines is 1. The molecule has 31 heavy (non-hydrogen) atoms. The molecule has 0 radical (unpaired) electrons. The fraction of sp³-hybridized carbons (Fsp3) is 0.176. The van der Waals surface area contributed by atoms with Gasteiger partial charge in [0.25, 0.3) is 5.91 Å². The van der Waals surface area contributed by atoms with E-state index in [0.717, 1.165) is 24.3 Å². The summed E-state index contributed by atoms with van der Waals surface area (Å²) in [5.74, 6) is -2.57. The molecule has 0 spiro atoms. The summed E-state index contributed by atoms with van der Waals surface area (Å²) in [7, 11) is -3.97. The Morgan fingerprint density at radius 2 is 1.39 bits per heavy atom. The third-order valence-corrected chi connectivity index (χ3v) is 4.55. The Morgan fingerprint density at radius 3 is 1.81 bits per heavy atom. The van der Waals surface area contributed by atoms with Crippen LogP contribution in [-0.4, -0.2) is 26.9 Å². The van der Waals surface area contributed by atoms with Gasteiger partial charge in [-0.25, -0.2) is 18.4 Å². The lowest BCUT2D eigenvalue weighted by Crippen LogP contribution is -2.22. The number of alkyl halides is 6. The van der Waals surface area contributed by atoms with Crippen molar-refractivity contribution in [3.63, 3.8) is 0 Å². The highest BCUT2D eigenvalue weighted by Gasteiger charge is 2.37. The maximum atomic E-state index is 12.8. The first-order valence-electron chi connectivity index (χ1n) is 7.97. The van der Waals surface area contributed by atoms with Crippen LogP contribution in [0.5, 0.6) is 0 Å². The molecule has 7 nitrogen and oxygen atoms in total. The zero-order valence-corrected chi connectivity index (χ0v) is 15.9. The molecule has 0 aliphatic carbocycles. The van der Waals surface area contributed by atoms with Crippen LogP contribution in [0.3, 0.4) is 0 Å². The van der Waals surface area contributed by atoms with Crippen molar-refractivity contribution in [3.8, 4) is 0 Å². The number of rotatable bonds is 5. The number of benzene rings is 2. The van der Waals surface area contributed by atoms with E-state index < -0.39 is 57.5 Å². The lowest BCUT2D eigenvalue weighted by Gasteiger charge is -2.14. The second kappa shape index (κ2) is 8.55. The number of hydrogen-bond acceptors (Lipinski definition) is 5. The van der Waals surface area contributed by atoms with Gasteiger partial charge in [-0.1, -0.05) is 0 Å². The van der Waals surface area contributed by atoms with Gasteiger partial charge in [0.2, 0.25) is 10.0 Å². The molecule has 0 aliphatic heterocycles. The second-order valence-electron chi connectivity index (χ2n) is 5.99. The molecule has 0 saturated carbocycles. The molecular weight excluding hydrogens is 458 g/mol. The van der Waals surface area contributed by atoms with Gasteiger partial charge < -0.3 is 10.1 Å². The van der Waals surface area contributed by atoms with Crippen molar-refractivity contribution >= 4 is 27.6 Å². The van der Waals surface area contributed by atoms with Crippen molar-refractivity contribution in [2.75, 3.05) is 11.9 Å². The van der Waals surface area contributed by atoms with Gasteiger partial charge >= 0.3 is 18.3 Å². The van der Waals surface area contributed by atoms with E-state index >= 15 is 0 Å². The molecule has 0 heterocycles. The summed E-state index contributed by atoms with van der Waals surface area (Å²) in [4.78, 5) is 23.4. The number of ether oxygens (including phenoxy) is 1. The number of hydrogen-bond donors (Lipinski definition) is 2. The molecule has 0 aliphatic rings. The molecule has 168 valence electrons. The van der Waals surface area contributed by atoms with Crippen molar-refractivity contribution in [1.82, 2.24) is 0 Å². The number of carbonyl (C=O) groups excluding carboxylic acids is 2. The van der Waals surface area contributed by atoms with Crippen LogP contribution in [0.25, 0.3) is 0 Å². The number of primary sulfonamides is 1. The van der Waals surface area contributed by atoms with Crippen LogP contribution in [0.4, 0.5) is 32.0 Å². The first-order valence-corrected chi connectivity index (χ1v) is 9.51. The highest BCUT2D eigenvalue weighted by molar-refractivity contribution is 7.89. The number of halogens is 6. The maximum Gasteiger partial charge on any atom is 0.416 e. The van der Waals surface area contributed by atoms with E-state index in [1.165, 1.54) is 0 Å². The average Bonchev–Trinajstić information content (AvgIpc) is 2.64. The molecule has 0 fully saturated rings. The Kier molecular flexibility index (Phi) is 6.66. The van der Waals surface area contributed by atoms with Crippen LogP contribution in [-0.2, 0) is 31.9 Å². The second-order valence-corrected chi connectivity index (χ2v) is 7.55. The van der Waals surface area contributed by atoms with Gasteiger partial charge in [0, 0.05) is 5.69 Å². The van der Waals surface area contributed by atoms with E-state index in [-0.39, 0.29) is 28.8 Å². The van der Waals surface area contributed by atoms with Gasteiger partial charge in [-0.05, 0) is 42.5 Å². The SMILES string of the molecule is NS(=O)(=O)c1ccc(NC(=O)COC(=O)c2cc(C(F)(F)F)cc(C(F)(F)F)c2)cc1. The van der Waals surface area contributed by atoms with E-state index in [9.17, 15) is 44.3 Å². The predicted octanol–water partition coefficient (Wildman–Crippen LogP) is 3.17. The normalized spacial score (nSPS) is 12.4. The van der Waals surface area contributed by atoms with Gasteiger partial charge in [-0.3, -0.25) is 4.79 Å². The van der Waals surface area contributed by atoms with Crippen molar-refractivity contribution in [3.05, 3.63) is 59.2 Å². The number of sulfonamides is 1. The molecule has 14 heteroatoms. The smallest absolute Gasteiger partial charge is 0.416 e. The molecule has 2 aromatic rings. The summed E-state index contributed by atoms with van der Waals surface area (Å²) in [6, 6.07) is 4.62. The molecule has 0 saturated heterocycles. The number of esters is 1. The van der Waals surface area contributed by atoms with Gasteiger partial charge in [0.1, 0.15) is 0 Å². The highest BCUT2D eigenvalue weighted by atomic mass is 32.2. The summed E-state index contributed by atoms with van der Waals surface area (Å²) in [6.45, 7) is -1.03. The zero-order chi connectivity index (χ0) is 23.6. The van der Waals surface area contributed by atoms with Gasteiger partial charge in [0.15, 0.2) is 6.61 Å². The summed E-state index contributed by atoms with van der Waals surface area (Å²) in [5.41, 5.74) is -4.42. The van der Waals surface area contributed by atoms with Crippen LogP contribution < -0.4 is 10.5 Å². The van der Waals surface area contributed by atoms with Crippen LogP contribution >= 0.6 is 0 Å². The molecule has 3 N–H and O–H groups in total. The molecule has 0 bridgehead atoms. The first-order chi connectivity index (χ1) is 14.1. The number of carbonyl (C=O) groups is 2. The quantitative estimate of drug-likeness (QED) is 0.515. The Labute approximate surface area is 170 Å². The average molecular weight is 470 g/mol. The highest BCUT2D eigenvalue weighted by Crippen LogP contribution is 2.36. The largest absolute Gasteiger partial charge is 0.452 e. The molecule has 2 rings (SSSR count). The van der Waals surface area contributed by atoms with Crippen molar-refractivity contribution in [2.45, 2.75) is 17.2 Å². The Morgan fingerprint density at radius 1 is 0.903 bits per heavy atom. The summed E-state index contributed by atoms with van der Waals surface area (Å²) >= 11 is 0. The number of nitrogens with one attached hydrogen (secondary N) is 1.